The molecule has 0 bridgehead atoms. The van der Waals surface area contributed by atoms with Crippen LogP contribution in [0.2, 0.25) is 0 Å². The summed E-state index contributed by atoms with van der Waals surface area (Å²) in [5.74, 6) is 0.531. The molecule has 0 aromatic heterocycles. The predicted molar refractivity (Wildman–Crippen MR) is 67.9 cm³/mol. The van der Waals surface area contributed by atoms with E-state index in [2.05, 4.69) is 11.8 Å². The van der Waals surface area contributed by atoms with Gasteiger partial charge >= 0.3 is 5.97 Å². The fraction of sp³-hybridized carbons (Fsp3) is 0.929. The molecule has 0 spiro atoms. The number of likely N-dealkylation sites (tertiary alicyclic amines) is 1. The summed E-state index contributed by atoms with van der Waals surface area (Å²) in [5, 5.41) is 9.31. The van der Waals surface area contributed by atoms with Gasteiger partial charge in [0.1, 0.15) is 0 Å². The van der Waals surface area contributed by atoms with Gasteiger partial charge in [0.25, 0.3) is 0 Å². The van der Waals surface area contributed by atoms with Crippen LogP contribution in [0.3, 0.4) is 0 Å². The van der Waals surface area contributed by atoms with Crippen molar-refractivity contribution in [2.45, 2.75) is 52.5 Å². The number of carbonyl (C=O) groups is 1. The first-order valence-electron chi connectivity index (χ1n) is 6.88. The molecule has 1 N–H and O–H groups in total. The minimum absolute atomic E-state index is 0.310. The molecule has 0 radical (unpaired) electrons. The highest BCUT2D eigenvalue weighted by Crippen LogP contribution is 2.38. The molecular formula is C14H25NO2. The van der Waals surface area contributed by atoms with Gasteiger partial charge in [-0.15, -0.1) is 0 Å². The van der Waals surface area contributed by atoms with Gasteiger partial charge in [0.2, 0.25) is 0 Å². The lowest BCUT2D eigenvalue weighted by Crippen LogP contribution is -2.51. The Balaban J connectivity index is 1.95. The van der Waals surface area contributed by atoms with E-state index in [1.165, 1.54) is 19.4 Å². The molecule has 0 aromatic rings. The van der Waals surface area contributed by atoms with Gasteiger partial charge in [-0.25, -0.2) is 0 Å². The van der Waals surface area contributed by atoms with Crippen molar-refractivity contribution in [3.8, 4) is 0 Å². The number of carboxylic acids is 1. The van der Waals surface area contributed by atoms with Gasteiger partial charge in [0.15, 0.2) is 0 Å². The van der Waals surface area contributed by atoms with E-state index in [4.69, 9.17) is 0 Å². The molecule has 0 amide bonds. The van der Waals surface area contributed by atoms with E-state index < -0.39 is 11.4 Å². The minimum Gasteiger partial charge on any atom is -0.481 e. The molecule has 1 aliphatic carbocycles. The Morgan fingerprint density at radius 3 is 2.53 bits per heavy atom. The van der Waals surface area contributed by atoms with Gasteiger partial charge in [0, 0.05) is 12.6 Å². The average molecular weight is 239 g/mol. The van der Waals surface area contributed by atoms with Crippen LogP contribution in [-0.2, 0) is 4.79 Å². The topological polar surface area (TPSA) is 40.5 Å². The van der Waals surface area contributed by atoms with E-state index in [-0.39, 0.29) is 0 Å². The van der Waals surface area contributed by atoms with Crippen LogP contribution in [0.5, 0.6) is 0 Å². The third-order valence-electron chi connectivity index (χ3n) is 4.89. The Kier molecular flexibility index (Phi) is 3.48. The third kappa shape index (κ3) is 2.49. The summed E-state index contributed by atoms with van der Waals surface area (Å²) in [5.41, 5.74) is -0.575. The molecule has 98 valence electrons. The number of carboxylic acid groups (broad SMARTS) is 1. The molecule has 1 atom stereocenters. The number of rotatable bonds is 3. The highest BCUT2D eigenvalue weighted by molar-refractivity contribution is 5.74. The standard InChI is InChI=1S/C14H25NO2/c1-10-7-12(8-10)15-6-4-5-11(9-15)14(2,3)13(16)17/h10-12H,4-9H2,1-3H3,(H,16,17). The van der Waals surface area contributed by atoms with Crippen molar-refractivity contribution in [3.63, 3.8) is 0 Å². The zero-order chi connectivity index (χ0) is 12.6. The normalized spacial score (nSPS) is 35.4. The molecule has 1 aliphatic heterocycles. The van der Waals surface area contributed by atoms with E-state index in [0.717, 1.165) is 31.3 Å². The summed E-state index contributed by atoms with van der Waals surface area (Å²) >= 11 is 0. The molecule has 2 aliphatic rings. The second kappa shape index (κ2) is 4.60. The van der Waals surface area contributed by atoms with Crippen molar-refractivity contribution in [1.82, 2.24) is 4.90 Å². The van der Waals surface area contributed by atoms with Crippen LogP contribution in [0.1, 0.15) is 46.5 Å². The molecule has 1 saturated carbocycles. The van der Waals surface area contributed by atoms with E-state index in [1.54, 1.807) is 0 Å². The number of hydrogen-bond acceptors (Lipinski definition) is 2. The fourth-order valence-electron chi connectivity index (χ4n) is 3.26. The average Bonchev–Trinajstić information content (AvgIpc) is 2.25. The molecule has 1 heterocycles. The van der Waals surface area contributed by atoms with E-state index in [1.807, 2.05) is 13.8 Å². The van der Waals surface area contributed by atoms with Gasteiger partial charge < -0.3 is 10.0 Å². The van der Waals surface area contributed by atoms with Crippen LogP contribution in [0.15, 0.2) is 0 Å². The van der Waals surface area contributed by atoms with Gasteiger partial charge in [0.05, 0.1) is 5.41 Å². The van der Waals surface area contributed by atoms with Crippen LogP contribution in [0.4, 0.5) is 0 Å². The quantitative estimate of drug-likeness (QED) is 0.823. The smallest absolute Gasteiger partial charge is 0.309 e. The Labute approximate surface area is 104 Å². The second-order valence-corrected chi connectivity index (χ2v) is 6.59. The van der Waals surface area contributed by atoms with Crippen molar-refractivity contribution in [2.24, 2.45) is 17.3 Å². The SMILES string of the molecule is CC1CC(N2CCCC(C(C)(C)C(=O)O)C2)C1. The Morgan fingerprint density at radius 1 is 1.35 bits per heavy atom. The largest absolute Gasteiger partial charge is 0.481 e. The van der Waals surface area contributed by atoms with Crippen LogP contribution in [-0.4, -0.2) is 35.1 Å². The third-order valence-corrected chi connectivity index (χ3v) is 4.89. The lowest BCUT2D eigenvalue weighted by molar-refractivity contribution is -0.152. The highest BCUT2D eigenvalue weighted by atomic mass is 16.4. The lowest BCUT2D eigenvalue weighted by Gasteiger charge is -2.47. The predicted octanol–water partition coefficient (Wildman–Crippen LogP) is 2.61. The molecule has 1 saturated heterocycles. The van der Waals surface area contributed by atoms with E-state index in [9.17, 15) is 9.90 Å². The zero-order valence-corrected chi connectivity index (χ0v) is 11.3. The molecule has 0 aromatic carbocycles. The first-order chi connectivity index (χ1) is 7.91. The number of piperidine rings is 1. The maximum Gasteiger partial charge on any atom is 0.309 e. The van der Waals surface area contributed by atoms with Crippen molar-refractivity contribution in [1.29, 1.82) is 0 Å². The Bertz CT molecular complexity index is 295. The van der Waals surface area contributed by atoms with Crippen LogP contribution in [0.25, 0.3) is 0 Å². The van der Waals surface area contributed by atoms with Gasteiger partial charge in [-0.05, 0) is 57.9 Å². The molecule has 3 heteroatoms. The van der Waals surface area contributed by atoms with Crippen molar-refractivity contribution >= 4 is 5.97 Å². The van der Waals surface area contributed by atoms with Crippen LogP contribution >= 0.6 is 0 Å². The summed E-state index contributed by atoms with van der Waals surface area (Å²) in [4.78, 5) is 13.9. The van der Waals surface area contributed by atoms with Crippen molar-refractivity contribution < 1.29 is 9.90 Å². The molecule has 2 fully saturated rings. The summed E-state index contributed by atoms with van der Waals surface area (Å²) in [6.45, 7) is 8.22. The number of hydrogen-bond donors (Lipinski definition) is 1. The van der Waals surface area contributed by atoms with Crippen molar-refractivity contribution in [3.05, 3.63) is 0 Å². The Morgan fingerprint density at radius 2 is 2.00 bits per heavy atom. The minimum atomic E-state index is -0.647. The van der Waals surface area contributed by atoms with E-state index in [0.29, 0.717) is 5.92 Å². The molecular weight excluding hydrogens is 214 g/mol. The monoisotopic (exact) mass is 239 g/mol. The van der Waals surface area contributed by atoms with Gasteiger partial charge in [-0.3, -0.25) is 4.79 Å². The molecule has 1 unspecified atom stereocenters. The maximum absolute atomic E-state index is 11.3. The Hall–Kier alpha value is -0.570. The maximum atomic E-state index is 11.3. The highest BCUT2D eigenvalue weighted by Gasteiger charge is 2.41. The summed E-state index contributed by atoms with van der Waals surface area (Å²) in [6.07, 6.45) is 4.84. The summed E-state index contributed by atoms with van der Waals surface area (Å²) in [7, 11) is 0. The molecule has 2 rings (SSSR count). The van der Waals surface area contributed by atoms with Crippen LogP contribution in [0, 0.1) is 17.3 Å². The number of aliphatic carboxylic acids is 1. The first kappa shape index (κ1) is 12.9. The molecule has 17 heavy (non-hydrogen) atoms. The zero-order valence-electron chi connectivity index (χ0n) is 11.3. The summed E-state index contributed by atoms with van der Waals surface area (Å²) in [6, 6.07) is 0.734. The summed E-state index contributed by atoms with van der Waals surface area (Å²) < 4.78 is 0. The first-order valence-corrected chi connectivity index (χ1v) is 6.88. The van der Waals surface area contributed by atoms with Crippen molar-refractivity contribution in [2.75, 3.05) is 13.1 Å². The fourth-order valence-corrected chi connectivity index (χ4v) is 3.26. The van der Waals surface area contributed by atoms with Gasteiger partial charge in [-0.1, -0.05) is 6.92 Å². The van der Waals surface area contributed by atoms with Gasteiger partial charge in [-0.2, -0.15) is 0 Å². The van der Waals surface area contributed by atoms with Crippen LogP contribution < -0.4 is 0 Å². The van der Waals surface area contributed by atoms with E-state index >= 15 is 0 Å². The lowest BCUT2D eigenvalue weighted by atomic mass is 9.73. The molecule has 3 nitrogen and oxygen atoms in total. The second-order valence-electron chi connectivity index (χ2n) is 6.59. The number of nitrogens with zero attached hydrogens (tertiary/aromatic N) is 1.